The Morgan fingerprint density at radius 3 is 2.49 bits per heavy atom. The highest BCUT2D eigenvalue weighted by molar-refractivity contribution is 8.18. The predicted molar refractivity (Wildman–Crippen MR) is 153 cm³/mol. The van der Waals surface area contributed by atoms with Crippen LogP contribution in [0.15, 0.2) is 82.9 Å². The number of sulfonamides is 1. The molecule has 3 amide bonds. The average Bonchev–Trinajstić information content (AvgIpc) is 3.25. The highest BCUT2D eigenvalue weighted by Crippen LogP contribution is 2.31. The number of nitrogens with zero attached hydrogens (tertiary/aromatic N) is 4. The van der Waals surface area contributed by atoms with Crippen LogP contribution in [0, 0.1) is 5.82 Å². The third-order valence-corrected chi connectivity index (χ3v) is 9.44. The van der Waals surface area contributed by atoms with Crippen LogP contribution in [0.25, 0.3) is 6.08 Å². The van der Waals surface area contributed by atoms with Gasteiger partial charge >= 0.3 is 0 Å². The lowest BCUT2D eigenvalue weighted by atomic mass is 10.2. The normalized spacial score (nSPS) is 17.3. The van der Waals surface area contributed by atoms with Gasteiger partial charge in [0.2, 0.25) is 10.0 Å². The zero-order valence-corrected chi connectivity index (χ0v) is 23.4. The number of carbonyl (C=O) groups excluding carboxylic acids is 3. The average molecular weight is 596 g/mol. The molecule has 5 rings (SSSR count). The Balaban J connectivity index is 1.17. The molecule has 13 heteroatoms. The van der Waals surface area contributed by atoms with Crippen molar-refractivity contribution in [3.63, 3.8) is 0 Å². The zero-order valence-electron chi connectivity index (χ0n) is 21.8. The van der Waals surface area contributed by atoms with Crippen LogP contribution in [0.2, 0.25) is 0 Å². The van der Waals surface area contributed by atoms with E-state index in [2.05, 4.69) is 10.3 Å². The van der Waals surface area contributed by atoms with Crippen molar-refractivity contribution in [2.24, 2.45) is 0 Å². The molecule has 212 valence electrons. The summed E-state index contributed by atoms with van der Waals surface area (Å²) in [7, 11) is -3.85. The number of piperazine rings is 1. The fourth-order valence-corrected chi connectivity index (χ4v) is 6.81. The smallest absolute Gasteiger partial charge is 0.293 e. The third kappa shape index (κ3) is 6.47. The molecule has 2 aromatic carbocycles. The molecular formula is C28H26FN5O5S2. The maximum absolute atomic E-state index is 13.3. The van der Waals surface area contributed by atoms with Crippen molar-refractivity contribution in [1.82, 2.24) is 19.5 Å². The van der Waals surface area contributed by atoms with E-state index in [1.54, 1.807) is 42.7 Å². The Hall–Kier alpha value is -4.07. The second-order valence-corrected chi connectivity index (χ2v) is 12.2. The first-order chi connectivity index (χ1) is 19.7. The topological polar surface area (TPSA) is 120 Å². The van der Waals surface area contributed by atoms with Crippen LogP contribution in [0.1, 0.15) is 15.9 Å². The number of hydrogen-bond acceptors (Lipinski definition) is 8. The highest BCUT2D eigenvalue weighted by atomic mass is 32.2. The maximum atomic E-state index is 13.3. The van der Waals surface area contributed by atoms with Gasteiger partial charge in [0.15, 0.2) is 0 Å². The molecule has 0 saturated carbocycles. The van der Waals surface area contributed by atoms with Crippen LogP contribution in [-0.4, -0.2) is 78.9 Å². The molecule has 0 bridgehead atoms. The molecule has 0 atom stereocenters. The van der Waals surface area contributed by atoms with E-state index in [4.69, 9.17) is 0 Å². The van der Waals surface area contributed by atoms with Gasteiger partial charge in [-0.25, -0.2) is 12.8 Å². The summed E-state index contributed by atoms with van der Waals surface area (Å²) < 4.78 is 41.2. The van der Waals surface area contributed by atoms with Gasteiger partial charge in [-0.05, 0) is 71.9 Å². The van der Waals surface area contributed by atoms with Crippen molar-refractivity contribution in [2.45, 2.75) is 4.90 Å². The molecule has 0 unspecified atom stereocenters. The van der Waals surface area contributed by atoms with Gasteiger partial charge in [-0.1, -0.05) is 12.1 Å². The van der Waals surface area contributed by atoms with E-state index in [0.29, 0.717) is 18.7 Å². The van der Waals surface area contributed by atoms with Crippen molar-refractivity contribution in [3.05, 3.63) is 94.9 Å². The minimum Gasteiger partial charge on any atom is -0.369 e. The van der Waals surface area contributed by atoms with Gasteiger partial charge in [-0.15, -0.1) is 0 Å². The van der Waals surface area contributed by atoms with E-state index in [1.165, 1.54) is 40.7 Å². The van der Waals surface area contributed by atoms with Crippen LogP contribution in [0.3, 0.4) is 0 Å². The minimum atomic E-state index is -3.85. The fraction of sp³-hybridized carbons (Fsp3) is 0.214. The van der Waals surface area contributed by atoms with Crippen molar-refractivity contribution in [2.75, 3.05) is 44.2 Å². The molecule has 3 aromatic rings. The number of benzene rings is 2. The van der Waals surface area contributed by atoms with Gasteiger partial charge in [-0.2, -0.15) is 4.31 Å². The summed E-state index contributed by atoms with van der Waals surface area (Å²) >= 11 is 0.818. The van der Waals surface area contributed by atoms with Crippen molar-refractivity contribution < 1.29 is 27.2 Å². The number of aromatic nitrogens is 1. The van der Waals surface area contributed by atoms with E-state index < -0.39 is 27.1 Å². The standard InChI is InChI=1S/C28H26FN5O5S2/c29-22-6-8-23(9-7-22)32-13-15-33(16-14-32)41(38,39)24-5-1-4-21(18-24)26(35)31-11-12-34-27(36)25(40-28(34)37)17-20-3-2-10-30-19-20/h1-10,17-19H,11-16H2,(H,31,35)/b25-17+. The lowest BCUT2D eigenvalue weighted by Crippen LogP contribution is -2.48. The van der Waals surface area contributed by atoms with Crippen molar-refractivity contribution >= 4 is 50.6 Å². The van der Waals surface area contributed by atoms with Crippen LogP contribution in [0.5, 0.6) is 0 Å². The molecule has 0 spiro atoms. The van der Waals surface area contributed by atoms with Gasteiger partial charge in [0.25, 0.3) is 17.1 Å². The second-order valence-electron chi connectivity index (χ2n) is 9.27. The first-order valence-electron chi connectivity index (χ1n) is 12.8. The number of imide groups is 1. The van der Waals surface area contributed by atoms with Crippen LogP contribution < -0.4 is 10.2 Å². The minimum absolute atomic E-state index is 0.000626. The molecule has 1 N–H and O–H groups in total. The number of halogens is 1. The highest BCUT2D eigenvalue weighted by Gasteiger charge is 2.35. The van der Waals surface area contributed by atoms with Crippen molar-refractivity contribution in [1.29, 1.82) is 0 Å². The molecule has 2 aliphatic rings. The summed E-state index contributed by atoms with van der Waals surface area (Å²) in [5, 5.41) is 2.21. The Labute approximate surface area is 240 Å². The Morgan fingerprint density at radius 1 is 1.02 bits per heavy atom. The van der Waals surface area contributed by atoms with Gasteiger partial charge < -0.3 is 10.2 Å². The molecule has 2 aliphatic heterocycles. The number of hydrogen-bond donors (Lipinski definition) is 1. The van der Waals surface area contributed by atoms with Crippen LogP contribution in [-0.2, 0) is 14.8 Å². The molecule has 2 saturated heterocycles. The number of pyridine rings is 1. The van der Waals surface area contributed by atoms with Gasteiger partial charge in [0.05, 0.1) is 9.80 Å². The van der Waals surface area contributed by atoms with E-state index >= 15 is 0 Å². The van der Waals surface area contributed by atoms with E-state index in [1.807, 2.05) is 4.90 Å². The Bertz CT molecular complexity index is 1590. The largest absolute Gasteiger partial charge is 0.369 e. The molecule has 2 fully saturated rings. The summed E-state index contributed by atoms with van der Waals surface area (Å²) in [4.78, 5) is 45.1. The number of carbonyl (C=O) groups is 3. The number of amides is 3. The molecule has 10 nitrogen and oxygen atoms in total. The molecule has 3 heterocycles. The summed E-state index contributed by atoms with van der Waals surface area (Å²) in [6, 6.07) is 15.3. The first-order valence-corrected chi connectivity index (χ1v) is 15.0. The van der Waals surface area contributed by atoms with Gasteiger partial charge in [0.1, 0.15) is 5.82 Å². The Kier molecular flexibility index (Phi) is 8.47. The van der Waals surface area contributed by atoms with Crippen LogP contribution >= 0.6 is 11.8 Å². The lowest BCUT2D eigenvalue weighted by Gasteiger charge is -2.35. The maximum Gasteiger partial charge on any atom is 0.293 e. The third-order valence-electron chi connectivity index (χ3n) is 6.64. The van der Waals surface area contributed by atoms with E-state index in [0.717, 1.165) is 22.3 Å². The monoisotopic (exact) mass is 595 g/mol. The van der Waals surface area contributed by atoms with Gasteiger partial charge in [-0.3, -0.25) is 24.3 Å². The molecule has 1 aromatic heterocycles. The predicted octanol–water partition coefficient (Wildman–Crippen LogP) is 3.20. The van der Waals surface area contributed by atoms with Crippen LogP contribution in [0.4, 0.5) is 14.9 Å². The lowest BCUT2D eigenvalue weighted by molar-refractivity contribution is -0.122. The molecule has 41 heavy (non-hydrogen) atoms. The SMILES string of the molecule is O=C(NCCN1C(=O)S/C(=C/c2cccnc2)C1=O)c1cccc(S(=O)(=O)N2CCN(c3ccc(F)cc3)CC2)c1. The van der Waals surface area contributed by atoms with E-state index in [-0.39, 0.29) is 47.4 Å². The number of anilines is 1. The second kappa shape index (κ2) is 12.2. The molecule has 0 radical (unpaired) electrons. The summed E-state index contributed by atoms with van der Waals surface area (Å²) in [6.45, 7) is 1.33. The van der Waals surface area contributed by atoms with E-state index in [9.17, 15) is 27.2 Å². The fourth-order valence-electron chi connectivity index (χ4n) is 4.47. The van der Waals surface area contributed by atoms with Gasteiger partial charge in [0, 0.05) is 62.9 Å². The Morgan fingerprint density at radius 2 is 1.78 bits per heavy atom. The summed E-state index contributed by atoms with van der Waals surface area (Å²) in [6.07, 6.45) is 4.77. The van der Waals surface area contributed by atoms with Crippen molar-refractivity contribution in [3.8, 4) is 0 Å². The summed E-state index contributed by atoms with van der Waals surface area (Å²) in [5.41, 5.74) is 1.65. The number of nitrogens with one attached hydrogen (secondary N) is 1. The number of thioether (sulfide) groups is 1. The molecular weight excluding hydrogens is 569 g/mol. The first kappa shape index (κ1) is 28.5. The molecule has 0 aliphatic carbocycles. The quantitative estimate of drug-likeness (QED) is 0.395. The zero-order chi connectivity index (χ0) is 29.0. The number of rotatable bonds is 8. The summed E-state index contributed by atoms with van der Waals surface area (Å²) in [5.74, 6) is -1.31.